The zero-order valence-electron chi connectivity index (χ0n) is 18.7. The SMILES string of the molecule is C=C(C)CCc1nc([C@H]2C[C@@H](C)O[C@@H](c3cnn(C4CC4)c3)C2)cc2nc(C)cnc12. The molecule has 0 bridgehead atoms. The Morgan fingerprint density at radius 2 is 2.06 bits per heavy atom. The topological polar surface area (TPSA) is 65.7 Å². The van der Waals surface area contributed by atoms with Crippen molar-refractivity contribution < 1.29 is 4.74 Å². The van der Waals surface area contributed by atoms with Gasteiger partial charge in [0.25, 0.3) is 0 Å². The van der Waals surface area contributed by atoms with E-state index in [9.17, 15) is 0 Å². The molecule has 6 heteroatoms. The van der Waals surface area contributed by atoms with E-state index in [4.69, 9.17) is 14.7 Å². The minimum absolute atomic E-state index is 0.0567. The predicted molar refractivity (Wildman–Crippen MR) is 121 cm³/mol. The van der Waals surface area contributed by atoms with Crippen molar-refractivity contribution >= 4 is 11.0 Å². The van der Waals surface area contributed by atoms with Crippen LogP contribution < -0.4 is 0 Å². The third-order valence-electron chi connectivity index (χ3n) is 6.37. The minimum atomic E-state index is 0.0567. The summed E-state index contributed by atoms with van der Waals surface area (Å²) in [5, 5.41) is 4.58. The number of aryl methyl sites for hydroxylation is 2. The fraction of sp³-hybridized carbons (Fsp3) is 0.520. The summed E-state index contributed by atoms with van der Waals surface area (Å²) in [7, 11) is 0. The molecular weight excluding hydrogens is 386 g/mol. The summed E-state index contributed by atoms with van der Waals surface area (Å²) in [4.78, 5) is 14.5. The number of hydrogen-bond donors (Lipinski definition) is 0. The van der Waals surface area contributed by atoms with E-state index in [1.54, 1.807) is 0 Å². The molecule has 0 unspecified atom stereocenters. The van der Waals surface area contributed by atoms with Crippen LogP contribution in [-0.2, 0) is 11.2 Å². The Kier molecular flexibility index (Phi) is 5.34. The lowest BCUT2D eigenvalue weighted by atomic mass is 9.87. The number of aromatic nitrogens is 5. The molecule has 1 aliphatic carbocycles. The highest BCUT2D eigenvalue weighted by molar-refractivity contribution is 5.77. The number of fused-ring (bicyclic) bond motifs is 1. The average Bonchev–Trinajstić information content (AvgIpc) is 3.47. The normalized spacial score (nSPS) is 23.9. The summed E-state index contributed by atoms with van der Waals surface area (Å²) < 4.78 is 8.44. The number of rotatable bonds is 6. The first-order valence-corrected chi connectivity index (χ1v) is 11.4. The van der Waals surface area contributed by atoms with Gasteiger partial charge in [0, 0.05) is 29.6 Å². The molecule has 1 aliphatic heterocycles. The summed E-state index contributed by atoms with van der Waals surface area (Å²) in [6, 6.07) is 2.73. The maximum Gasteiger partial charge on any atom is 0.110 e. The minimum Gasteiger partial charge on any atom is -0.370 e. The van der Waals surface area contributed by atoms with Crippen LogP contribution in [0.4, 0.5) is 0 Å². The van der Waals surface area contributed by atoms with Crippen LogP contribution in [0.2, 0.25) is 0 Å². The lowest BCUT2D eigenvalue weighted by molar-refractivity contribution is -0.0506. The summed E-state index contributed by atoms with van der Waals surface area (Å²) in [6.07, 6.45) is 12.3. The number of ether oxygens (including phenoxy) is 1. The Bertz CT molecular complexity index is 1120. The molecule has 2 fully saturated rings. The van der Waals surface area contributed by atoms with Crippen molar-refractivity contribution in [1.29, 1.82) is 0 Å². The summed E-state index contributed by atoms with van der Waals surface area (Å²) >= 11 is 0. The van der Waals surface area contributed by atoms with Gasteiger partial charge in [-0.3, -0.25) is 14.6 Å². The van der Waals surface area contributed by atoms with Gasteiger partial charge in [-0.05, 0) is 65.4 Å². The summed E-state index contributed by atoms with van der Waals surface area (Å²) in [5.41, 5.74) is 7.27. The molecule has 3 aromatic heterocycles. The molecule has 0 aromatic carbocycles. The second kappa shape index (κ2) is 8.15. The first-order valence-electron chi connectivity index (χ1n) is 11.4. The molecule has 31 heavy (non-hydrogen) atoms. The van der Waals surface area contributed by atoms with Crippen LogP contribution in [-0.4, -0.2) is 30.8 Å². The van der Waals surface area contributed by atoms with E-state index in [2.05, 4.69) is 47.5 Å². The zero-order chi connectivity index (χ0) is 21.5. The molecule has 4 heterocycles. The van der Waals surface area contributed by atoms with E-state index in [0.29, 0.717) is 12.0 Å². The highest BCUT2D eigenvalue weighted by Gasteiger charge is 2.32. The third-order valence-corrected chi connectivity index (χ3v) is 6.37. The Morgan fingerprint density at radius 1 is 1.23 bits per heavy atom. The van der Waals surface area contributed by atoms with Crippen LogP contribution in [0.15, 0.2) is 36.8 Å². The Labute approximate surface area is 183 Å². The molecule has 0 radical (unpaired) electrons. The Hall–Kier alpha value is -2.60. The fourth-order valence-corrected chi connectivity index (χ4v) is 4.58. The summed E-state index contributed by atoms with van der Waals surface area (Å²) in [5.74, 6) is 0.327. The molecule has 0 amide bonds. The van der Waals surface area contributed by atoms with E-state index < -0.39 is 0 Å². The molecule has 0 N–H and O–H groups in total. The lowest BCUT2D eigenvalue weighted by Crippen LogP contribution is -2.25. The molecular formula is C25H31N5O. The van der Waals surface area contributed by atoms with Gasteiger partial charge in [-0.2, -0.15) is 5.10 Å². The Morgan fingerprint density at radius 3 is 2.84 bits per heavy atom. The molecule has 0 spiro atoms. The van der Waals surface area contributed by atoms with Crippen molar-refractivity contribution in [3.05, 3.63) is 59.5 Å². The number of pyridine rings is 1. The second-order valence-corrected chi connectivity index (χ2v) is 9.42. The molecule has 3 atom stereocenters. The number of hydrogen-bond acceptors (Lipinski definition) is 5. The van der Waals surface area contributed by atoms with Gasteiger partial charge in [0.05, 0.1) is 41.4 Å². The van der Waals surface area contributed by atoms with Gasteiger partial charge in [-0.25, -0.2) is 4.98 Å². The van der Waals surface area contributed by atoms with Crippen molar-refractivity contribution in [1.82, 2.24) is 24.7 Å². The molecule has 1 saturated heterocycles. The standard InChI is InChI=1S/C25H31N5O/c1-15(2)5-8-21-25-23(28-16(3)12-26-25)11-22(29-21)18-9-17(4)31-24(10-18)19-13-27-30(14-19)20-6-7-20/h11-14,17-18,20,24H,1,5-10H2,2-4H3/t17-,18+,24-/m1/s1. The van der Waals surface area contributed by atoms with Gasteiger partial charge < -0.3 is 4.74 Å². The largest absolute Gasteiger partial charge is 0.370 e. The molecule has 6 nitrogen and oxygen atoms in total. The van der Waals surface area contributed by atoms with Crippen molar-refractivity contribution in [3.63, 3.8) is 0 Å². The maximum absolute atomic E-state index is 6.33. The fourth-order valence-electron chi connectivity index (χ4n) is 4.58. The van der Waals surface area contributed by atoms with Crippen molar-refractivity contribution in [2.45, 2.75) is 83.5 Å². The van der Waals surface area contributed by atoms with Gasteiger partial charge in [-0.1, -0.05) is 5.57 Å². The first-order chi connectivity index (χ1) is 15.0. The van der Waals surface area contributed by atoms with E-state index in [1.165, 1.54) is 18.4 Å². The van der Waals surface area contributed by atoms with Crippen LogP contribution >= 0.6 is 0 Å². The van der Waals surface area contributed by atoms with Gasteiger partial charge in [-0.15, -0.1) is 6.58 Å². The van der Waals surface area contributed by atoms with Crippen molar-refractivity contribution in [3.8, 4) is 0 Å². The molecule has 5 rings (SSSR count). The van der Waals surface area contributed by atoms with Crippen LogP contribution in [0.3, 0.4) is 0 Å². The van der Waals surface area contributed by atoms with Crippen LogP contribution in [0.25, 0.3) is 11.0 Å². The monoisotopic (exact) mass is 417 g/mol. The van der Waals surface area contributed by atoms with E-state index in [1.807, 2.05) is 19.3 Å². The van der Waals surface area contributed by atoms with E-state index >= 15 is 0 Å². The second-order valence-electron chi connectivity index (χ2n) is 9.42. The zero-order valence-corrected chi connectivity index (χ0v) is 18.7. The highest BCUT2D eigenvalue weighted by atomic mass is 16.5. The van der Waals surface area contributed by atoms with E-state index in [0.717, 1.165) is 59.4 Å². The van der Waals surface area contributed by atoms with Gasteiger partial charge in [0.15, 0.2) is 0 Å². The maximum atomic E-state index is 6.33. The highest BCUT2D eigenvalue weighted by Crippen LogP contribution is 2.41. The van der Waals surface area contributed by atoms with Gasteiger partial charge >= 0.3 is 0 Å². The van der Waals surface area contributed by atoms with Crippen LogP contribution in [0, 0.1) is 6.92 Å². The van der Waals surface area contributed by atoms with Gasteiger partial charge in [0.1, 0.15) is 5.52 Å². The first kappa shape index (κ1) is 20.3. The molecule has 162 valence electrons. The summed E-state index contributed by atoms with van der Waals surface area (Å²) in [6.45, 7) is 10.3. The Balaban J connectivity index is 1.46. The van der Waals surface area contributed by atoms with Crippen molar-refractivity contribution in [2.24, 2.45) is 0 Å². The molecule has 1 saturated carbocycles. The smallest absolute Gasteiger partial charge is 0.110 e. The van der Waals surface area contributed by atoms with Gasteiger partial charge in [0.2, 0.25) is 0 Å². The molecule has 3 aromatic rings. The van der Waals surface area contributed by atoms with Crippen molar-refractivity contribution in [2.75, 3.05) is 0 Å². The molecule has 2 aliphatic rings. The van der Waals surface area contributed by atoms with E-state index in [-0.39, 0.29) is 12.2 Å². The third kappa shape index (κ3) is 4.40. The van der Waals surface area contributed by atoms with Crippen LogP contribution in [0.1, 0.15) is 86.7 Å². The predicted octanol–water partition coefficient (Wildman–Crippen LogP) is 5.40. The quantitative estimate of drug-likeness (QED) is 0.503. The number of allylic oxidation sites excluding steroid dienone is 1. The lowest BCUT2D eigenvalue weighted by Gasteiger charge is -2.33. The van der Waals surface area contributed by atoms with Crippen LogP contribution in [0.5, 0.6) is 0 Å². The number of nitrogens with zero attached hydrogens (tertiary/aromatic N) is 5. The average molecular weight is 418 g/mol.